The molecular weight excluding hydrogens is 226 g/mol. The molecule has 0 aliphatic carbocycles. The fraction of sp³-hybridized carbons (Fsp3) is 0.727. The topological polar surface area (TPSA) is 69.5 Å². The maximum atomic E-state index is 8.58. The number of fused-ring (bicyclic) bond motifs is 1. The fourth-order valence-corrected chi connectivity index (χ4v) is 2.07. The van der Waals surface area contributed by atoms with Crippen LogP contribution in [0.1, 0.15) is 13.8 Å². The zero-order valence-electron chi connectivity index (χ0n) is 9.91. The number of oxime groups is 1. The minimum Gasteiger partial charge on any atom is -0.411 e. The number of nitrogens with zero attached hydrogens (tertiary/aromatic N) is 1. The van der Waals surface area contributed by atoms with Crippen LogP contribution >= 0.6 is 0 Å². The molecule has 6 heteroatoms. The lowest BCUT2D eigenvalue weighted by Crippen LogP contribution is -2.31. The average molecular weight is 243 g/mol. The molecule has 0 radical (unpaired) electrons. The van der Waals surface area contributed by atoms with Crippen LogP contribution in [0.3, 0.4) is 0 Å². The molecule has 0 unspecified atom stereocenters. The van der Waals surface area contributed by atoms with Crippen LogP contribution in [0.15, 0.2) is 17.8 Å². The molecule has 0 aromatic heterocycles. The summed E-state index contributed by atoms with van der Waals surface area (Å²) in [6.45, 7) is 7.58. The van der Waals surface area contributed by atoms with E-state index in [2.05, 4.69) is 11.7 Å². The molecule has 0 aromatic carbocycles. The fourth-order valence-electron chi connectivity index (χ4n) is 2.07. The molecule has 2 aliphatic rings. The average Bonchev–Trinajstić information content (AvgIpc) is 2.72. The van der Waals surface area contributed by atoms with Gasteiger partial charge in [0.15, 0.2) is 12.1 Å². The molecule has 96 valence electrons. The van der Waals surface area contributed by atoms with E-state index in [1.807, 2.05) is 13.8 Å². The minimum atomic E-state index is -0.684. The van der Waals surface area contributed by atoms with Crippen molar-refractivity contribution in [1.82, 2.24) is 0 Å². The van der Waals surface area contributed by atoms with Crippen molar-refractivity contribution >= 4 is 6.21 Å². The molecule has 2 fully saturated rings. The van der Waals surface area contributed by atoms with Gasteiger partial charge in [-0.05, 0) is 13.8 Å². The second-order valence-electron chi connectivity index (χ2n) is 4.42. The van der Waals surface area contributed by atoms with Crippen LogP contribution < -0.4 is 0 Å². The molecular formula is C11H17NO5. The maximum Gasteiger partial charge on any atom is 0.187 e. The van der Waals surface area contributed by atoms with Crippen LogP contribution in [0.2, 0.25) is 0 Å². The predicted octanol–water partition coefficient (Wildman–Crippen LogP) is 0.894. The van der Waals surface area contributed by atoms with Crippen molar-refractivity contribution < 1.29 is 24.2 Å². The highest BCUT2D eigenvalue weighted by Gasteiger charge is 2.55. The molecule has 0 amide bonds. The van der Waals surface area contributed by atoms with Gasteiger partial charge in [-0.15, -0.1) is 6.58 Å². The van der Waals surface area contributed by atoms with Crippen molar-refractivity contribution in [3.63, 3.8) is 0 Å². The summed E-state index contributed by atoms with van der Waals surface area (Å²) < 4.78 is 22.4. The molecule has 2 aliphatic heterocycles. The van der Waals surface area contributed by atoms with Crippen molar-refractivity contribution in [2.75, 3.05) is 6.61 Å². The first-order chi connectivity index (χ1) is 8.07. The SMILES string of the molecule is C=CCO[C@@H]1O[C@H](/C=N/O)[C@H]2OC(C)(C)O[C@@H]12. The van der Waals surface area contributed by atoms with Crippen molar-refractivity contribution in [2.24, 2.45) is 5.16 Å². The van der Waals surface area contributed by atoms with Gasteiger partial charge >= 0.3 is 0 Å². The third-order valence-electron chi connectivity index (χ3n) is 2.64. The molecule has 0 aromatic rings. The first-order valence-electron chi connectivity index (χ1n) is 5.48. The van der Waals surface area contributed by atoms with E-state index in [1.54, 1.807) is 6.08 Å². The molecule has 0 saturated carbocycles. The zero-order chi connectivity index (χ0) is 12.5. The molecule has 6 nitrogen and oxygen atoms in total. The van der Waals surface area contributed by atoms with Gasteiger partial charge in [-0.25, -0.2) is 0 Å². The number of hydrogen-bond donors (Lipinski definition) is 1. The lowest BCUT2D eigenvalue weighted by Gasteiger charge is -2.22. The largest absolute Gasteiger partial charge is 0.411 e. The van der Waals surface area contributed by atoms with Gasteiger partial charge < -0.3 is 24.2 Å². The van der Waals surface area contributed by atoms with E-state index in [9.17, 15) is 0 Å². The summed E-state index contributed by atoms with van der Waals surface area (Å²) >= 11 is 0. The Morgan fingerprint density at radius 1 is 1.41 bits per heavy atom. The highest BCUT2D eigenvalue weighted by molar-refractivity contribution is 5.64. The molecule has 0 spiro atoms. The summed E-state index contributed by atoms with van der Waals surface area (Å²) in [6.07, 6.45) is 1.25. The van der Waals surface area contributed by atoms with Gasteiger partial charge in [0, 0.05) is 0 Å². The molecule has 17 heavy (non-hydrogen) atoms. The van der Waals surface area contributed by atoms with Crippen molar-refractivity contribution in [3.8, 4) is 0 Å². The molecule has 2 rings (SSSR count). The smallest absolute Gasteiger partial charge is 0.187 e. The summed E-state index contributed by atoms with van der Waals surface area (Å²) in [4.78, 5) is 0. The lowest BCUT2D eigenvalue weighted by atomic mass is 10.1. The Morgan fingerprint density at radius 3 is 2.76 bits per heavy atom. The Balaban J connectivity index is 2.09. The van der Waals surface area contributed by atoms with Crippen LogP contribution in [0, 0.1) is 0 Å². The quantitative estimate of drug-likeness (QED) is 0.344. The Bertz CT molecular complexity index is 317. The van der Waals surface area contributed by atoms with Crippen LogP contribution in [-0.4, -0.2) is 48.4 Å². The van der Waals surface area contributed by atoms with E-state index in [4.69, 9.17) is 24.2 Å². The molecule has 0 bridgehead atoms. The van der Waals surface area contributed by atoms with Crippen molar-refractivity contribution in [2.45, 2.75) is 44.2 Å². The molecule has 2 heterocycles. The van der Waals surface area contributed by atoms with Gasteiger partial charge in [0.2, 0.25) is 0 Å². The normalized spacial score (nSPS) is 39.6. The van der Waals surface area contributed by atoms with E-state index < -0.39 is 18.2 Å². The van der Waals surface area contributed by atoms with Crippen LogP contribution in [0.4, 0.5) is 0 Å². The van der Waals surface area contributed by atoms with Gasteiger partial charge in [0.1, 0.15) is 18.3 Å². The number of rotatable bonds is 4. The Labute approximate surface area is 99.8 Å². The van der Waals surface area contributed by atoms with Crippen LogP contribution in [0.25, 0.3) is 0 Å². The maximum absolute atomic E-state index is 8.58. The molecule has 2 saturated heterocycles. The second kappa shape index (κ2) is 4.73. The summed E-state index contributed by atoms with van der Waals surface area (Å²) in [5.41, 5.74) is 0. The van der Waals surface area contributed by atoms with E-state index in [0.29, 0.717) is 6.61 Å². The first kappa shape index (κ1) is 12.5. The summed E-state index contributed by atoms with van der Waals surface area (Å²) in [7, 11) is 0. The monoisotopic (exact) mass is 243 g/mol. The lowest BCUT2D eigenvalue weighted by molar-refractivity contribution is -0.222. The Kier molecular flexibility index (Phi) is 3.48. The van der Waals surface area contributed by atoms with Gasteiger partial charge in [-0.1, -0.05) is 11.2 Å². The van der Waals surface area contributed by atoms with Gasteiger partial charge in [0.25, 0.3) is 0 Å². The first-order valence-corrected chi connectivity index (χ1v) is 5.48. The highest BCUT2D eigenvalue weighted by atomic mass is 16.8. The number of ether oxygens (including phenoxy) is 4. The number of hydrogen-bond acceptors (Lipinski definition) is 6. The third-order valence-corrected chi connectivity index (χ3v) is 2.64. The van der Waals surface area contributed by atoms with Gasteiger partial charge in [0.05, 0.1) is 12.8 Å². The Morgan fingerprint density at radius 2 is 2.12 bits per heavy atom. The van der Waals surface area contributed by atoms with Crippen molar-refractivity contribution in [1.29, 1.82) is 0 Å². The molecule has 1 N–H and O–H groups in total. The second-order valence-corrected chi connectivity index (χ2v) is 4.42. The van der Waals surface area contributed by atoms with Crippen LogP contribution in [0.5, 0.6) is 0 Å². The van der Waals surface area contributed by atoms with E-state index in [-0.39, 0.29) is 12.2 Å². The Hall–Kier alpha value is -0.950. The van der Waals surface area contributed by atoms with E-state index in [1.165, 1.54) is 6.21 Å². The molecule has 4 atom stereocenters. The third kappa shape index (κ3) is 2.50. The predicted molar refractivity (Wildman–Crippen MR) is 58.9 cm³/mol. The van der Waals surface area contributed by atoms with Gasteiger partial charge in [-0.3, -0.25) is 0 Å². The minimum absolute atomic E-state index is 0.323. The zero-order valence-corrected chi connectivity index (χ0v) is 9.91. The standard InChI is InChI=1S/C11H17NO5/c1-4-5-14-10-9-8(7(15-10)6-12-13)16-11(2,3)17-9/h4,6-10,13H,1,5H2,2-3H3/b12-6+/t7-,8-,9-,10-/m1/s1. The summed E-state index contributed by atoms with van der Waals surface area (Å²) in [5, 5.41) is 11.6. The van der Waals surface area contributed by atoms with Crippen molar-refractivity contribution in [3.05, 3.63) is 12.7 Å². The highest BCUT2D eigenvalue weighted by Crippen LogP contribution is 2.38. The van der Waals surface area contributed by atoms with E-state index >= 15 is 0 Å². The van der Waals surface area contributed by atoms with Gasteiger partial charge in [-0.2, -0.15) is 0 Å². The van der Waals surface area contributed by atoms with Crippen LogP contribution in [-0.2, 0) is 18.9 Å². The summed E-state index contributed by atoms with van der Waals surface area (Å²) in [6, 6.07) is 0. The summed E-state index contributed by atoms with van der Waals surface area (Å²) in [5.74, 6) is -0.684. The van der Waals surface area contributed by atoms with E-state index in [0.717, 1.165) is 0 Å².